The lowest BCUT2D eigenvalue weighted by atomic mass is 10.2. The Labute approximate surface area is 146 Å². The van der Waals surface area contributed by atoms with E-state index in [1.54, 1.807) is 10.9 Å². The number of halogens is 1. The molecular formula is C19H19ClN4. The summed E-state index contributed by atoms with van der Waals surface area (Å²) in [4.78, 5) is 0. The number of nitrogens with zero attached hydrogens (tertiary/aromatic N) is 3. The highest BCUT2D eigenvalue weighted by Gasteiger charge is 2.12. The number of aryl methyl sites for hydroxylation is 2. The van der Waals surface area contributed by atoms with Crippen molar-refractivity contribution in [2.75, 3.05) is 5.43 Å². The van der Waals surface area contributed by atoms with E-state index in [2.05, 4.69) is 27.8 Å². The van der Waals surface area contributed by atoms with Gasteiger partial charge in [-0.2, -0.15) is 10.2 Å². The molecule has 0 aliphatic heterocycles. The molecule has 0 unspecified atom stereocenters. The van der Waals surface area contributed by atoms with Crippen molar-refractivity contribution in [2.45, 2.75) is 20.4 Å². The van der Waals surface area contributed by atoms with E-state index in [-0.39, 0.29) is 0 Å². The number of nitrogens with one attached hydrogen (secondary N) is 1. The van der Waals surface area contributed by atoms with Crippen LogP contribution in [-0.4, -0.2) is 16.0 Å². The van der Waals surface area contributed by atoms with E-state index in [0.29, 0.717) is 11.7 Å². The first-order chi connectivity index (χ1) is 11.6. The molecule has 0 spiro atoms. The highest BCUT2D eigenvalue weighted by Crippen LogP contribution is 2.19. The van der Waals surface area contributed by atoms with Gasteiger partial charge in [0.15, 0.2) is 0 Å². The van der Waals surface area contributed by atoms with Gasteiger partial charge in [0.1, 0.15) is 5.15 Å². The molecule has 4 nitrogen and oxygen atoms in total. The molecule has 0 aliphatic carbocycles. The molecule has 3 aromatic rings. The normalized spacial score (nSPS) is 11.1. The average Bonchev–Trinajstić information content (AvgIpc) is 2.85. The third-order valence-corrected chi connectivity index (χ3v) is 4.21. The van der Waals surface area contributed by atoms with Crippen LogP contribution in [0.15, 0.2) is 59.7 Å². The van der Waals surface area contributed by atoms with Crippen molar-refractivity contribution >= 4 is 23.5 Å². The van der Waals surface area contributed by atoms with Gasteiger partial charge in [0.05, 0.1) is 29.7 Å². The standard InChI is InChI=1S/C19H19ClN4/c1-14-8-6-7-11-18(14)22-21-12-17-15(2)23-24(19(17)20)13-16-9-4-3-5-10-16/h3-12,22H,13H2,1-2H3/b21-12-. The van der Waals surface area contributed by atoms with Crippen LogP contribution in [0.25, 0.3) is 0 Å². The largest absolute Gasteiger partial charge is 0.278 e. The number of hydrogen-bond acceptors (Lipinski definition) is 3. The summed E-state index contributed by atoms with van der Waals surface area (Å²) in [5.41, 5.74) is 7.99. The second-order valence-corrected chi connectivity index (χ2v) is 5.98. The Morgan fingerprint density at radius 2 is 1.79 bits per heavy atom. The maximum atomic E-state index is 6.47. The fraction of sp³-hybridized carbons (Fsp3) is 0.158. The third-order valence-electron chi connectivity index (χ3n) is 3.81. The fourth-order valence-electron chi connectivity index (χ4n) is 2.44. The maximum Gasteiger partial charge on any atom is 0.136 e. The van der Waals surface area contributed by atoms with Crippen LogP contribution in [0.4, 0.5) is 5.69 Å². The average molecular weight is 339 g/mol. The van der Waals surface area contributed by atoms with Crippen molar-refractivity contribution in [3.8, 4) is 0 Å². The monoisotopic (exact) mass is 338 g/mol. The lowest BCUT2D eigenvalue weighted by Gasteiger charge is -2.04. The number of benzene rings is 2. The molecule has 1 heterocycles. The third kappa shape index (κ3) is 3.66. The maximum absolute atomic E-state index is 6.47. The highest BCUT2D eigenvalue weighted by atomic mass is 35.5. The summed E-state index contributed by atoms with van der Waals surface area (Å²) >= 11 is 6.47. The Morgan fingerprint density at radius 3 is 2.54 bits per heavy atom. The van der Waals surface area contributed by atoms with Gasteiger partial charge in [-0.25, -0.2) is 4.68 Å². The number of hydrogen-bond donors (Lipinski definition) is 1. The van der Waals surface area contributed by atoms with Crippen molar-refractivity contribution in [2.24, 2.45) is 5.10 Å². The topological polar surface area (TPSA) is 42.2 Å². The van der Waals surface area contributed by atoms with Gasteiger partial charge in [-0.1, -0.05) is 60.1 Å². The van der Waals surface area contributed by atoms with Gasteiger partial charge in [-0.15, -0.1) is 0 Å². The van der Waals surface area contributed by atoms with Crippen LogP contribution >= 0.6 is 11.6 Å². The molecule has 3 rings (SSSR count). The lowest BCUT2D eigenvalue weighted by molar-refractivity contribution is 0.680. The van der Waals surface area contributed by atoms with Crippen LogP contribution in [0.1, 0.15) is 22.4 Å². The van der Waals surface area contributed by atoms with E-state index < -0.39 is 0 Å². The Kier molecular flexibility index (Phi) is 4.96. The van der Waals surface area contributed by atoms with E-state index in [9.17, 15) is 0 Å². The van der Waals surface area contributed by atoms with E-state index >= 15 is 0 Å². The first kappa shape index (κ1) is 16.3. The summed E-state index contributed by atoms with van der Waals surface area (Å²) in [6.45, 7) is 4.61. The van der Waals surface area contributed by atoms with Crippen LogP contribution in [-0.2, 0) is 6.54 Å². The molecule has 2 aromatic carbocycles. The lowest BCUT2D eigenvalue weighted by Crippen LogP contribution is -2.01. The minimum atomic E-state index is 0.590. The summed E-state index contributed by atoms with van der Waals surface area (Å²) < 4.78 is 1.79. The van der Waals surface area contributed by atoms with Crippen molar-refractivity contribution in [1.82, 2.24) is 9.78 Å². The van der Waals surface area contributed by atoms with Gasteiger partial charge in [0.2, 0.25) is 0 Å². The van der Waals surface area contributed by atoms with Crippen molar-refractivity contribution in [1.29, 1.82) is 0 Å². The van der Waals surface area contributed by atoms with Crippen LogP contribution in [0.5, 0.6) is 0 Å². The second-order valence-electron chi connectivity index (χ2n) is 5.62. The zero-order valence-electron chi connectivity index (χ0n) is 13.7. The fourth-order valence-corrected chi connectivity index (χ4v) is 2.72. The minimum Gasteiger partial charge on any atom is -0.278 e. The van der Waals surface area contributed by atoms with Gasteiger partial charge in [-0.3, -0.25) is 5.43 Å². The van der Waals surface area contributed by atoms with Crippen LogP contribution in [0.2, 0.25) is 5.15 Å². The van der Waals surface area contributed by atoms with E-state index in [0.717, 1.165) is 28.1 Å². The summed E-state index contributed by atoms with van der Waals surface area (Å²) in [6.07, 6.45) is 1.72. The predicted molar refractivity (Wildman–Crippen MR) is 99.9 cm³/mol. The number of rotatable bonds is 5. The van der Waals surface area contributed by atoms with Gasteiger partial charge in [-0.05, 0) is 31.0 Å². The smallest absolute Gasteiger partial charge is 0.136 e. The molecule has 0 saturated heterocycles. The zero-order valence-corrected chi connectivity index (χ0v) is 14.5. The quantitative estimate of drug-likeness (QED) is 0.543. The number of para-hydroxylation sites is 1. The molecule has 122 valence electrons. The summed E-state index contributed by atoms with van der Waals surface area (Å²) in [7, 11) is 0. The molecule has 1 N–H and O–H groups in total. The Balaban J connectivity index is 1.77. The van der Waals surface area contributed by atoms with E-state index in [1.165, 1.54) is 0 Å². The predicted octanol–water partition coefficient (Wildman–Crippen LogP) is 4.65. The minimum absolute atomic E-state index is 0.590. The van der Waals surface area contributed by atoms with Gasteiger partial charge < -0.3 is 0 Å². The second kappa shape index (κ2) is 7.32. The van der Waals surface area contributed by atoms with Crippen LogP contribution in [0, 0.1) is 13.8 Å². The Bertz CT molecular complexity index is 853. The Morgan fingerprint density at radius 1 is 1.08 bits per heavy atom. The summed E-state index contributed by atoms with van der Waals surface area (Å²) in [5.74, 6) is 0. The first-order valence-electron chi connectivity index (χ1n) is 7.76. The molecule has 0 bridgehead atoms. The Hall–Kier alpha value is -2.59. The van der Waals surface area contributed by atoms with Gasteiger partial charge in [0, 0.05) is 0 Å². The molecule has 0 amide bonds. The molecule has 0 saturated carbocycles. The van der Waals surface area contributed by atoms with Gasteiger partial charge >= 0.3 is 0 Å². The molecular weight excluding hydrogens is 320 g/mol. The zero-order chi connectivity index (χ0) is 16.9. The molecule has 0 fully saturated rings. The molecule has 0 radical (unpaired) electrons. The summed E-state index contributed by atoms with van der Waals surface area (Å²) in [5, 5.41) is 9.41. The van der Waals surface area contributed by atoms with E-state index in [1.807, 2.05) is 56.3 Å². The summed E-state index contributed by atoms with van der Waals surface area (Å²) in [6, 6.07) is 18.1. The van der Waals surface area contributed by atoms with Crippen molar-refractivity contribution in [3.05, 3.63) is 82.1 Å². The molecule has 24 heavy (non-hydrogen) atoms. The highest BCUT2D eigenvalue weighted by molar-refractivity contribution is 6.32. The number of anilines is 1. The van der Waals surface area contributed by atoms with Crippen LogP contribution in [0.3, 0.4) is 0 Å². The molecule has 5 heteroatoms. The molecule has 1 aromatic heterocycles. The van der Waals surface area contributed by atoms with E-state index in [4.69, 9.17) is 11.6 Å². The number of hydrazone groups is 1. The van der Waals surface area contributed by atoms with Gasteiger partial charge in [0.25, 0.3) is 0 Å². The molecule has 0 atom stereocenters. The van der Waals surface area contributed by atoms with Crippen molar-refractivity contribution in [3.63, 3.8) is 0 Å². The van der Waals surface area contributed by atoms with Crippen molar-refractivity contribution < 1.29 is 0 Å². The SMILES string of the molecule is Cc1ccccc1N/N=C\c1c(C)nn(Cc2ccccc2)c1Cl. The molecule has 0 aliphatic rings. The van der Waals surface area contributed by atoms with Crippen LogP contribution < -0.4 is 5.43 Å². The number of aromatic nitrogens is 2. The first-order valence-corrected chi connectivity index (χ1v) is 8.14.